The Kier molecular flexibility index (Phi) is 6.81. The quantitative estimate of drug-likeness (QED) is 0.435. The number of hydrogen-bond acceptors (Lipinski definition) is 1. The van der Waals surface area contributed by atoms with E-state index >= 15 is 0 Å². The highest BCUT2D eigenvalue weighted by Gasteiger charge is 2.19. The molecule has 0 rings (SSSR count). The van der Waals surface area contributed by atoms with Gasteiger partial charge in [0, 0.05) is 6.42 Å². The van der Waals surface area contributed by atoms with Crippen molar-refractivity contribution >= 4 is 5.78 Å². The van der Waals surface area contributed by atoms with Gasteiger partial charge >= 0.3 is 0 Å². The van der Waals surface area contributed by atoms with Gasteiger partial charge in [0.25, 0.3) is 0 Å². The average molecular weight is 200 g/mol. The molecule has 0 amide bonds. The number of carbonyl (C=O) groups excluding carboxylic acids is 1. The predicted octanol–water partition coefficient (Wildman–Crippen LogP) is 2.62. The lowest BCUT2D eigenvalue weighted by atomic mass is 10.1. The summed E-state index contributed by atoms with van der Waals surface area (Å²) in [7, 11) is 0. The number of carbonyl (C=O) groups is 1. The fraction of sp³-hybridized carbons (Fsp3) is 0.917. The predicted molar refractivity (Wildman–Crippen MR) is 61.3 cm³/mol. The van der Waals surface area contributed by atoms with Crippen molar-refractivity contribution in [3.63, 3.8) is 0 Å². The molecule has 0 atom stereocenters. The number of Topliss-reactive ketones (excluding diaryl/α,β-unsaturated/α-hetero) is 1. The van der Waals surface area contributed by atoms with Crippen LogP contribution in [0.5, 0.6) is 0 Å². The molecule has 0 aliphatic rings. The van der Waals surface area contributed by atoms with E-state index in [0.29, 0.717) is 5.78 Å². The minimum Gasteiger partial charge on any atom is -0.324 e. The van der Waals surface area contributed by atoms with Gasteiger partial charge in [0.15, 0.2) is 0 Å². The van der Waals surface area contributed by atoms with Crippen LogP contribution in [0.15, 0.2) is 0 Å². The van der Waals surface area contributed by atoms with Crippen LogP contribution in [0, 0.1) is 0 Å². The van der Waals surface area contributed by atoms with Crippen molar-refractivity contribution in [1.29, 1.82) is 0 Å². The maximum absolute atomic E-state index is 10.8. The molecule has 0 aliphatic carbocycles. The third-order valence-electron chi connectivity index (χ3n) is 3.42. The monoisotopic (exact) mass is 200 g/mol. The average Bonchev–Trinajstić information content (AvgIpc) is 2.19. The highest BCUT2D eigenvalue weighted by atomic mass is 16.1. The topological polar surface area (TPSA) is 17.1 Å². The van der Waals surface area contributed by atoms with E-state index in [1.807, 2.05) is 0 Å². The number of ketones is 1. The van der Waals surface area contributed by atoms with E-state index < -0.39 is 0 Å². The van der Waals surface area contributed by atoms with Gasteiger partial charge in [-0.2, -0.15) is 0 Å². The Balaban J connectivity index is 3.77. The maximum Gasteiger partial charge on any atom is 0.129 e. The number of hydrogen-bond donors (Lipinski definition) is 0. The summed E-state index contributed by atoms with van der Waals surface area (Å²) in [6.07, 6.45) is 3.02. The second-order valence-corrected chi connectivity index (χ2v) is 4.17. The third-order valence-corrected chi connectivity index (χ3v) is 3.42. The lowest BCUT2D eigenvalue weighted by Crippen LogP contribution is -2.48. The first-order valence-electron chi connectivity index (χ1n) is 5.94. The molecule has 0 radical (unpaired) electrons. The van der Waals surface area contributed by atoms with Crippen LogP contribution in [0.1, 0.15) is 47.0 Å². The fourth-order valence-corrected chi connectivity index (χ4v) is 1.97. The van der Waals surface area contributed by atoms with E-state index in [0.717, 1.165) is 12.8 Å². The van der Waals surface area contributed by atoms with Gasteiger partial charge in [-0.05, 0) is 40.5 Å². The zero-order valence-electron chi connectivity index (χ0n) is 10.3. The molecule has 14 heavy (non-hydrogen) atoms. The van der Waals surface area contributed by atoms with Crippen molar-refractivity contribution in [2.45, 2.75) is 47.0 Å². The molecule has 0 saturated carbocycles. The second-order valence-electron chi connectivity index (χ2n) is 4.17. The Morgan fingerprint density at radius 1 is 1.00 bits per heavy atom. The summed E-state index contributed by atoms with van der Waals surface area (Å²) in [6, 6.07) is 0. The van der Waals surface area contributed by atoms with Gasteiger partial charge in [-0.25, -0.2) is 0 Å². The van der Waals surface area contributed by atoms with Gasteiger partial charge in [0.2, 0.25) is 0 Å². The smallest absolute Gasteiger partial charge is 0.129 e. The zero-order valence-corrected chi connectivity index (χ0v) is 10.3. The molecule has 84 valence electrons. The molecule has 0 aliphatic heterocycles. The van der Waals surface area contributed by atoms with Crippen molar-refractivity contribution < 1.29 is 9.28 Å². The molecule has 0 saturated heterocycles. The van der Waals surface area contributed by atoms with Crippen LogP contribution >= 0.6 is 0 Å². The van der Waals surface area contributed by atoms with E-state index in [4.69, 9.17) is 0 Å². The molecule has 0 fully saturated rings. The Hall–Kier alpha value is -0.370. The van der Waals surface area contributed by atoms with Crippen LogP contribution in [0.4, 0.5) is 0 Å². The summed E-state index contributed by atoms with van der Waals surface area (Å²) in [5.74, 6) is 0.326. The first-order chi connectivity index (χ1) is 6.60. The molecule has 0 heterocycles. The van der Waals surface area contributed by atoms with E-state index in [1.54, 1.807) is 6.92 Å². The molecule has 2 nitrogen and oxygen atoms in total. The summed E-state index contributed by atoms with van der Waals surface area (Å²) in [5.41, 5.74) is 0. The van der Waals surface area contributed by atoms with Crippen LogP contribution in [-0.2, 0) is 4.79 Å². The standard InChI is InChI=1S/C12H26NO/c1-5-13(6-2,7-3)11-9-8-10-12(4)14/h5-11H2,1-4H3/q+1. The molecule has 0 spiro atoms. The van der Waals surface area contributed by atoms with Gasteiger partial charge in [-0.3, -0.25) is 0 Å². The Morgan fingerprint density at radius 3 is 1.86 bits per heavy atom. The minimum absolute atomic E-state index is 0.326. The number of quaternary nitrogens is 1. The molecule has 0 aromatic carbocycles. The van der Waals surface area contributed by atoms with E-state index in [-0.39, 0.29) is 0 Å². The summed E-state index contributed by atoms with van der Waals surface area (Å²) < 4.78 is 1.21. The van der Waals surface area contributed by atoms with Crippen LogP contribution in [0.25, 0.3) is 0 Å². The van der Waals surface area contributed by atoms with Gasteiger partial charge < -0.3 is 9.28 Å². The van der Waals surface area contributed by atoms with E-state index in [2.05, 4.69) is 20.8 Å². The number of unbranched alkanes of at least 4 members (excludes halogenated alkanes) is 1. The van der Waals surface area contributed by atoms with Crippen LogP contribution in [0.2, 0.25) is 0 Å². The summed E-state index contributed by atoms with van der Waals surface area (Å²) in [6.45, 7) is 13.3. The Morgan fingerprint density at radius 2 is 1.50 bits per heavy atom. The number of nitrogens with zero attached hydrogens (tertiary/aromatic N) is 1. The van der Waals surface area contributed by atoms with Gasteiger partial charge in [-0.1, -0.05) is 0 Å². The van der Waals surface area contributed by atoms with Crippen LogP contribution < -0.4 is 0 Å². The van der Waals surface area contributed by atoms with Crippen molar-refractivity contribution in [2.24, 2.45) is 0 Å². The molecule has 0 unspecified atom stereocenters. The highest BCUT2D eigenvalue weighted by Crippen LogP contribution is 2.09. The van der Waals surface area contributed by atoms with Gasteiger partial charge in [0.1, 0.15) is 5.78 Å². The largest absolute Gasteiger partial charge is 0.324 e. The molecular formula is C12H26NO+. The minimum atomic E-state index is 0.326. The summed E-state index contributed by atoms with van der Waals surface area (Å²) >= 11 is 0. The first kappa shape index (κ1) is 13.6. The van der Waals surface area contributed by atoms with E-state index in [9.17, 15) is 4.79 Å². The fourth-order valence-electron chi connectivity index (χ4n) is 1.97. The van der Waals surface area contributed by atoms with Gasteiger partial charge in [-0.15, -0.1) is 0 Å². The van der Waals surface area contributed by atoms with Crippen molar-refractivity contribution in [3.05, 3.63) is 0 Å². The zero-order chi connectivity index (χ0) is 11.0. The SMILES string of the molecule is CC[N+](CC)(CC)CCCCC(C)=O. The second kappa shape index (κ2) is 6.99. The Labute approximate surface area is 88.9 Å². The molecule has 0 aromatic heterocycles. The summed E-state index contributed by atoms with van der Waals surface area (Å²) in [5, 5.41) is 0. The third kappa shape index (κ3) is 4.75. The first-order valence-corrected chi connectivity index (χ1v) is 5.94. The number of rotatable bonds is 8. The molecular weight excluding hydrogens is 174 g/mol. The van der Waals surface area contributed by atoms with Crippen LogP contribution in [0.3, 0.4) is 0 Å². The molecule has 0 N–H and O–H groups in total. The van der Waals surface area contributed by atoms with Crippen molar-refractivity contribution in [3.8, 4) is 0 Å². The highest BCUT2D eigenvalue weighted by molar-refractivity contribution is 5.75. The van der Waals surface area contributed by atoms with E-state index in [1.165, 1.54) is 37.1 Å². The molecule has 0 aromatic rings. The summed E-state index contributed by atoms with van der Waals surface area (Å²) in [4.78, 5) is 10.8. The van der Waals surface area contributed by atoms with Crippen LogP contribution in [-0.4, -0.2) is 36.4 Å². The maximum atomic E-state index is 10.8. The van der Waals surface area contributed by atoms with Gasteiger partial charge in [0.05, 0.1) is 26.2 Å². The Bertz CT molecular complexity index is 153. The lowest BCUT2D eigenvalue weighted by Gasteiger charge is -2.35. The molecule has 2 heteroatoms. The lowest BCUT2D eigenvalue weighted by molar-refractivity contribution is -0.923. The van der Waals surface area contributed by atoms with Crippen molar-refractivity contribution in [2.75, 3.05) is 26.2 Å². The molecule has 0 bridgehead atoms. The van der Waals surface area contributed by atoms with Crippen molar-refractivity contribution in [1.82, 2.24) is 0 Å². The normalized spacial score (nSPS) is 11.7.